The largest absolute Gasteiger partial charge is 0.497 e. The van der Waals surface area contributed by atoms with Crippen LogP contribution in [0, 0.1) is 5.82 Å². The molecule has 0 spiro atoms. The van der Waals surface area contributed by atoms with E-state index in [2.05, 4.69) is 37.6 Å². The number of fused-ring (bicyclic) bond motifs is 1. The SMILES string of the molecule is COc1ccc(NS(=O)(=O)c2ccc3c(c2)CN(C(=O)Cc2ccc(C(C)(C)C)cc2)C3)c(F)c1. The van der Waals surface area contributed by atoms with E-state index < -0.39 is 15.8 Å². The normalized spacial score (nSPS) is 13.5. The lowest BCUT2D eigenvalue weighted by Crippen LogP contribution is -2.26. The van der Waals surface area contributed by atoms with E-state index in [1.807, 2.05) is 12.1 Å². The van der Waals surface area contributed by atoms with Gasteiger partial charge in [0.2, 0.25) is 5.91 Å². The number of benzene rings is 3. The molecule has 35 heavy (non-hydrogen) atoms. The van der Waals surface area contributed by atoms with Gasteiger partial charge in [0.05, 0.1) is 24.1 Å². The van der Waals surface area contributed by atoms with Gasteiger partial charge in [-0.1, -0.05) is 51.1 Å². The summed E-state index contributed by atoms with van der Waals surface area (Å²) in [5, 5.41) is 0. The van der Waals surface area contributed by atoms with Gasteiger partial charge in [0.25, 0.3) is 10.0 Å². The van der Waals surface area contributed by atoms with Crippen molar-refractivity contribution in [1.29, 1.82) is 0 Å². The molecule has 0 bridgehead atoms. The number of amides is 1. The maximum atomic E-state index is 14.3. The first-order valence-electron chi connectivity index (χ1n) is 11.3. The zero-order valence-electron chi connectivity index (χ0n) is 20.3. The second-order valence-corrected chi connectivity index (χ2v) is 11.4. The van der Waals surface area contributed by atoms with Crippen molar-refractivity contribution in [2.45, 2.75) is 50.6 Å². The smallest absolute Gasteiger partial charge is 0.261 e. The van der Waals surface area contributed by atoms with Crippen LogP contribution in [0.15, 0.2) is 65.6 Å². The van der Waals surface area contributed by atoms with Gasteiger partial charge in [-0.25, -0.2) is 12.8 Å². The maximum absolute atomic E-state index is 14.3. The average molecular weight is 497 g/mol. The summed E-state index contributed by atoms with van der Waals surface area (Å²) in [5.41, 5.74) is 3.69. The van der Waals surface area contributed by atoms with E-state index in [1.165, 1.54) is 30.9 Å². The summed E-state index contributed by atoms with van der Waals surface area (Å²) in [5.74, 6) is -0.466. The van der Waals surface area contributed by atoms with Crippen LogP contribution >= 0.6 is 0 Å². The molecular weight excluding hydrogens is 467 g/mol. The van der Waals surface area contributed by atoms with Crippen LogP contribution in [-0.4, -0.2) is 26.3 Å². The maximum Gasteiger partial charge on any atom is 0.261 e. The molecular formula is C27H29FN2O4S. The van der Waals surface area contributed by atoms with Crippen LogP contribution in [0.1, 0.15) is 43.0 Å². The van der Waals surface area contributed by atoms with Crippen LogP contribution in [0.3, 0.4) is 0 Å². The van der Waals surface area contributed by atoms with Crippen molar-refractivity contribution in [2.75, 3.05) is 11.8 Å². The summed E-state index contributed by atoms with van der Waals surface area (Å²) >= 11 is 0. The monoisotopic (exact) mass is 496 g/mol. The number of carbonyl (C=O) groups is 1. The van der Waals surface area contributed by atoms with Crippen LogP contribution < -0.4 is 9.46 Å². The molecule has 0 saturated heterocycles. The number of ether oxygens (including phenoxy) is 1. The number of hydrogen-bond donors (Lipinski definition) is 1. The second kappa shape index (κ2) is 9.34. The van der Waals surface area contributed by atoms with Gasteiger partial charge >= 0.3 is 0 Å². The number of methoxy groups -OCH3 is 1. The zero-order chi connectivity index (χ0) is 25.4. The van der Waals surface area contributed by atoms with Crippen molar-refractivity contribution >= 4 is 21.6 Å². The van der Waals surface area contributed by atoms with Gasteiger partial charge in [-0.05, 0) is 51.9 Å². The number of carbonyl (C=O) groups excluding carboxylic acids is 1. The third kappa shape index (κ3) is 5.48. The molecule has 3 aromatic carbocycles. The third-order valence-corrected chi connectivity index (χ3v) is 7.52. The molecule has 1 amide bonds. The first kappa shape index (κ1) is 24.7. The second-order valence-electron chi connectivity index (χ2n) is 9.76. The number of nitrogens with one attached hydrogen (secondary N) is 1. The van der Waals surface area contributed by atoms with Gasteiger partial charge in [-0.3, -0.25) is 9.52 Å². The molecule has 0 aliphatic carbocycles. The van der Waals surface area contributed by atoms with Crippen molar-refractivity contribution in [3.05, 3.63) is 88.7 Å². The summed E-state index contributed by atoms with van der Waals surface area (Å²) in [7, 11) is -2.61. The highest BCUT2D eigenvalue weighted by atomic mass is 32.2. The first-order valence-corrected chi connectivity index (χ1v) is 12.8. The minimum atomic E-state index is -4.01. The Morgan fingerprint density at radius 1 is 1.00 bits per heavy atom. The molecule has 0 unspecified atom stereocenters. The molecule has 6 nitrogen and oxygen atoms in total. The number of nitrogens with zero attached hydrogens (tertiary/aromatic N) is 1. The van der Waals surface area contributed by atoms with E-state index in [0.29, 0.717) is 13.1 Å². The topological polar surface area (TPSA) is 75.7 Å². The number of anilines is 1. The van der Waals surface area contributed by atoms with Gasteiger partial charge in [0, 0.05) is 19.2 Å². The van der Waals surface area contributed by atoms with Crippen LogP contribution in [0.2, 0.25) is 0 Å². The predicted molar refractivity (Wildman–Crippen MR) is 133 cm³/mol. The van der Waals surface area contributed by atoms with Crippen molar-refractivity contribution in [1.82, 2.24) is 4.90 Å². The summed E-state index contributed by atoms with van der Waals surface area (Å²) in [6, 6.07) is 16.7. The van der Waals surface area contributed by atoms with Crippen LogP contribution in [0.25, 0.3) is 0 Å². The van der Waals surface area contributed by atoms with Gasteiger partial charge in [0.1, 0.15) is 5.75 Å². The predicted octanol–water partition coefficient (Wildman–Crippen LogP) is 5.02. The van der Waals surface area contributed by atoms with Crippen LogP contribution in [0.5, 0.6) is 5.75 Å². The van der Waals surface area contributed by atoms with Gasteiger partial charge in [0.15, 0.2) is 5.82 Å². The lowest BCUT2D eigenvalue weighted by Gasteiger charge is -2.19. The number of rotatable bonds is 6. The Morgan fingerprint density at radius 2 is 1.69 bits per heavy atom. The van der Waals surface area contributed by atoms with E-state index in [1.54, 1.807) is 17.0 Å². The summed E-state index contributed by atoms with van der Waals surface area (Å²) in [4.78, 5) is 14.7. The lowest BCUT2D eigenvalue weighted by molar-refractivity contribution is -0.131. The Hall–Kier alpha value is -3.39. The van der Waals surface area contributed by atoms with Gasteiger partial charge < -0.3 is 9.64 Å². The van der Waals surface area contributed by atoms with Gasteiger partial charge in [-0.2, -0.15) is 0 Å². The Bertz CT molecular complexity index is 1360. The minimum Gasteiger partial charge on any atom is -0.497 e. The highest BCUT2D eigenvalue weighted by Crippen LogP contribution is 2.29. The fraction of sp³-hybridized carbons (Fsp3) is 0.296. The summed E-state index contributed by atoms with van der Waals surface area (Å²) < 4.78 is 47.2. The first-order chi connectivity index (χ1) is 16.5. The van der Waals surface area contributed by atoms with Crippen LogP contribution in [-0.2, 0) is 39.7 Å². The van der Waals surface area contributed by atoms with Crippen LogP contribution in [0.4, 0.5) is 10.1 Å². The molecule has 0 radical (unpaired) electrons. The molecule has 0 atom stereocenters. The average Bonchev–Trinajstić information content (AvgIpc) is 3.24. The summed E-state index contributed by atoms with van der Waals surface area (Å²) in [6.45, 7) is 7.19. The van der Waals surface area contributed by atoms with Crippen molar-refractivity contribution in [3.63, 3.8) is 0 Å². The minimum absolute atomic E-state index is 0.0125. The molecule has 1 N–H and O–H groups in total. The number of sulfonamides is 1. The van der Waals surface area contributed by atoms with Crippen molar-refractivity contribution < 1.29 is 22.3 Å². The lowest BCUT2D eigenvalue weighted by atomic mass is 9.86. The number of halogens is 1. The van der Waals surface area contributed by atoms with E-state index in [0.717, 1.165) is 22.8 Å². The fourth-order valence-electron chi connectivity index (χ4n) is 4.03. The molecule has 1 aliphatic rings. The molecule has 0 aromatic heterocycles. The Balaban J connectivity index is 1.45. The third-order valence-electron chi connectivity index (χ3n) is 6.16. The number of hydrogen-bond acceptors (Lipinski definition) is 4. The van der Waals surface area contributed by atoms with Crippen molar-refractivity contribution in [2.24, 2.45) is 0 Å². The zero-order valence-corrected chi connectivity index (χ0v) is 21.1. The quantitative estimate of drug-likeness (QED) is 0.520. The standard InChI is InChI=1S/C27H29FN2O4S/c1-27(2,3)21-8-5-18(6-9-21)13-26(31)30-16-19-7-11-23(14-20(19)17-30)35(32,33)29-25-12-10-22(34-4)15-24(25)28/h5-12,14-15,29H,13,16-17H2,1-4H3. The molecule has 3 aromatic rings. The molecule has 8 heteroatoms. The Morgan fingerprint density at radius 3 is 2.31 bits per heavy atom. The molecule has 1 aliphatic heterocycles. The molecule has 4 rings (SSSR count). The van der Waals surface area contributed by atoms with Crippen molar-refractivity contribution in [3.8, 4) is 5.75 Å². The fourth-order valence-corrected chi connectivity index (χ4v) is 5.15. The van der Waals surface area contributed by atoms with E-state index >= 15 is 0 Å². The van der Waals surface area contributed by atoms with E-state index in [9.17, 15) is 17.6 Å². The highest BCUT2D eigenvalue weighted by molar-refractivity contribution is 7.92. The Labute approximate surface area is 205 Å². The van der Waals surface area contributed by atoms with Gasteiger partial charge in [-0.15, -0.1) is 0 Å². The summed E-state index contributed by atoms with van der Waals surface area (Å²) in [6.07, 6.45) is 0.280. The molecule has 0 fully saturated rings. The highest BCUT2D eigenvalue weighted by Gasteiger charge is 2.26. The molecule has 184 valence electrons. The Kier molecular flexibility index (Phi) is 6.60. The van der Waals surface area contributed by atoms with E-state index in [4.69, 9.17) is 4.74 Å². The molecule has 1 heterocycles. The molecule has 0 saturated carbocycles. The van der Waals surface area contributed by atoms with E-state index in [-0.39, 0.29) is 34.1 Å².